The highest BCUT2D eigenvalue weighted by atomic mass is 16.5. The SMILES string of the molecule is CCNc1ccc(C(=O)Nc2nc(C)no2)cc1C. The van der Waals surface area contributed by atoms with Crippen LogP contribution in [0, 0.1) is 13.8 Å². The van der Waals surface area contributed by atoms with Crippen LogP contribution in [0.3, 0.4) is 0 Å². The number of aryl methyl sites for hydroxylation is 2. The Hall–Kier alpha value is -2.37. The van der Waals surface area contributed by atoms with Gasteiger partial charge in [0.05, 0.1) is 0 Å². The van der Waals surface area contributed by atoms with Gasteiger partial charge in [-0.1, -0.05) is 5.16 Å². The molecule has 1 aromatic heterocycles. The predicted octanol–water partition coefficient (Wildman–Crippen LogP) is 2.37. The second kappa shape index (κ2) is 5.51. The third kappa shape index (κ3) is 3.09. The van der Waals surface area contributed by atoms with E-state index in [1.807, 2.05) is 26.0 Å². The summed E-state index contributed by atoms with van der Waals surface area (Å²) in [6.45, 7) is 6.51. The molecular weight excluding hydrogens is 244 g/mol. The van der Waals surface area contributed by atoms with Crippen molar-refractivity contribution in [2.24, 2.45) is 0 Å². The highest BCUT2D eigenvalue weighted by molar-refractivity contribution is 6.03. The summed E-state index contributed by atoms with van der Waals surface area (Å²) < 4.78 is 4.84. The number of nitrogens with one attached hydrogen (secondary N) is 2. The van der Waals surface area contributed by atoms with E-state index in [1.165, 1.54) is 0 Å². The lowest BCUT2D eigenvalue weighted by Crippen LogP contribution is -2.12. The minimum Gasteiger partial charge on any atom is -0.385 e. The highest BCUT2D eigenvalue weighted by Gasteiger charge is 2.11. The number of benzene rings is 1. The molecule has 0 aliphatic carbocycles. The van der Waals surface area contributed by atoms with Crippen LogP contribution in [-0.4, -0.2) is 22.6 Å². The minimum atomic E-state index is -0.269. The third-order valence-electron chi connectivity index (χ3n) is 2.60. The molecule has 6 heteroatoms. The monoisotopic (exact) mass is 260 g/mol. The van der Waals surface area contributed by atoms with Crippen molar-refractivity contribution in [1.29, 1.82) is 0 Å². The fourth-order valence-corrected chi connectivity index (χ4v) is 1.71. The van der Waals surface area contributed by atoms with Crippen LogP contribution in [0.25, 0.3) is 0 Å². The zero-order chi connectivity index (χ0) is 13.8. The van der Waals surface area contributed by atoms with Gasteiger partial charge in [-0.2, -0.15) is 4.98 Å². The van der Waals surface area contributed by atoms with E-state index in [1.54, 1.807) is 13.0 Å². The van der Waals surface area contributed by atoms with Crippen molar-refractivity contribution in [3.05, 3.63) is 35.2 Å². The number of aromatic nitrogens is 2. The van der Waals surface area contributed by atoms with Crippen molar-refractivity contribution in [2.75, 3.05) is 17.2 Å². The predicted molar refractivity (Wildman–Crippen MR) is 72.3 cm³/mol. The maximum Gasteiger partial charge on any atom is 0.328 e. The van der Waals surface area contributed by atoms with Gasteiger partial charge in [0.2, 0.25) is 0 Å². The molecule has 19 heavy (non-hydrogen) atoms. The molecule has 0 aliphatic rings. The van der Waals surface area contributed by atoms with E-state index in [0.29, 0.717) is 11.4 Å². The lowest BCUT2D eigenvalue weighted by Gasteiger charge is -2.08. The summed E-state index contributed by atoms with van der Waals surface area (Å²) in [4.78, 5) is 15.9. The first-order valence-corrected chi connectivity index (χ1v) is 6.06. The van der Waals surface area contributed by atoms with Gasteiger partial charge >= 0.3 is 6.01 Å². The largest absolute Gasteiger partial charge is 0.385 e. The summed E-state index contributed by atoms with van der Waals surface area (Å²) in [6.07, 6.45) is 0. The molecule has 1 amide bonds. The standard InChI is InChI=1S/C13H16N4O2/c1-4-14-11-6-5-10(7-8(11)2)12(18)16-13-15-9(3)17-19-13/h5-7,14H,4H2,1-3H3,(H,15,16,17,18). The first-order valence-electron chi connectivity index (χ1n) is 6.06. The van der Waals surface area contributed by atoms with Crippen molar-refractivity contribution in [1.82, 2.24) is 10.1 Å². The number of carbonyl (C=O) groups excluding carboxylic acids is 1. The molecule has 0 spiro atoms. The Morgan fingerprint density at radius 1 is 1.37 bits per heavy atom. The van der Waals surface area contributed by atoms with Crippen LogP contribution in [0.2, 0.25) is 0 Å². The molecule has 0 saturated heterocycles. The van der Waals surface area contributed by atoms with Crippen LogP contribution in [0.15, 0.2) is 22.7 Å². The van der Waals surface area contributed by atoms with Gasteiger partial charge in [-0.3, -0.25) is 10.1 Å². The second-order valence-electron chi connectivity index (χ2n) is 4.16. The van der Waals surface area contributed by atoms with Gasteiger partial charge in [0.15, 0.2) is 5.82 Å². The Balaban J connectivity index is 2.13. The Morgan fingerprint density at radius 3 is 2.74 bits per heavy atom. The maximum absolute atomic E-state index is 12.0. The zero-order valence-corrected chi connectivity index (χ0v) is 11.2. The second-order valence-corrected chi connectivity index (χ2v) is 4.16. The fourth-order valence-electron chi connectivity index (χ4n) is 1.71. The van der Waals surface area contributed by atoms with Gasteiger partial charge in [0.25, 0.3) is 5.91 Å². The zero-order valence-electron chi connectivity index (χ0n) is 11.2. The van der Waals surface area contributed by atoms with Gasteiger partial charge in [-0.05, 0) is 44.5 Å². The Labute approximate surface area is 111 Å². The van der Waals surface area contributed by atoms with E-state index in [0.717, 1.165) is 17.8 Å². The van der Waals surface area contributed by atoms with Gasteiger partial charge in [-0.25, -0.2) is 0 Å². The van der Waals surface area contributed by atoms with Crippen LogP contribution in [-0.2, 0) is 0 Å². The Morgan fingerprint density at radius 2 is 2.16 bits per heavy atom. The number of amides is 1. The Kier molecular flexibility index (Phi) is 3.79. The molecule has 6 nitrogen and oxygen atoms in total. The Bertz CT molecular complexity index is 592. The number of hydrogen-bond donors (Lipinski definition) is 2. The van der Waals surface area contributed by atoms with Crippen LogP contribution in [0.1, 0.15) is 28.7 Å². The average Bonchev–Trinajstić information content (AvgIpc) is 2.77. The number of anilines is 2. The van der Waals surface area contributed by atoms with Crippen LogP contribution in [0.5, 0.6) is 0 Å². The first kappa shape index (κ1) is 13.1. The van der Waals surface area contributed by atoms with E-state index >= 15 is 0 Å². The number of nitrogens with zero attached hydrogens (tertiary/aromatic N) is 2. The number of carbonyl (C=O) groups is 1. The summed E-state index contributed by atoms with van der Waals surface area (Å²) in [7, 11) is 0. The maximum atomic E-state index is 12.0. The van der Waals surface area contributed by atoms with Crippen LogP contribution < -0.4 is 10.6 Å². The van der Waals surface area contributed by atoms with Crippen LogP contribution >= 0.6 is 0 Å². The molecule has 0 aliphatic heterocycles. The van der Waals surface area contributed by atoms with Crippen molar-refractivity contribution >= 4 is 17.6 Å². The highest BCUT2D eigenvalue weighted by Crippen LogP contribution is 2.17. The van der Waals surface area contributed by atoms with Gasteiger partial charge in [-0.15, -0.1) is 0 Å². The molecule has 0 saturated carbocycles. The van der Waals surface area contributed by atoms with E-state index in [4.69, 9.17) is 4.52 Å². The summed E-state index contributed by atoms with van der Waals surface area (Å²) in [6, 6.07) is 5.56. The quantitative estimate of drug-likeness (QED) is 0.882. The van der Waals surface area contributed by atoms with Crippen LogP contribution in [0.4, 0.5) is 11.7 Å². The van der Waals surface area contributed by atoms with E-state index in [-0.39, 0.29) is 11.9 Å². The summed E-state index contributed by atoms with van der Waals surface area (Å²) in [5, 5.41) is 9.39. The molecule has 2 N–H and O–H groups in total. The molecule has 1 aromatic carbocycles. The molecule has 100 valence electrons. The number of hydrogen-bond acceptors (Lipinski definition) is 5. The molecule has 0 unspecified atom stereocenters. The molecule has 0 bridgehead atoms. The molecular formula is C13H16N4O2. The van der Waals surface area contributed by atoms with E-state index in [9.17, 15) is 4.79 Å². The van der Waals surface area contributed by atoms with E-state index < -0.39 is 0 Å². The van der Waals surface area contributed by atoms with Crippen molar-refractivity contribution < 1.29 is 9.32 Å². The lowest BCUT2D eigenvalue weighted by molar-refractivity contribution is 0.102. The third-order valence-corrected chi connectivity index (χ3v) is 2.60. The minimum absolute atomic E-state index is 0.107. The smallest absolute Gasteiger partial charge is 0.328 e. The van der Waals surface area contributed by atoms with Crippen molar-refractivity contribution in [3.63, 3.8) is 0 Å². The average molecular weight is 260 g/mol. The normalized spacial score (nSPS) is 10.3. The van der Waals surface area contributed by atoms with Gasteiger partial charge < -0.3 is 9.84 Å². The summed E-state index contributed by atoms with van der Waals surface area (Å²) >= 11 is 0. The molecule has 2 rings (SSSR count). The molecule has 0 radical (unpaired) electrons. The lowest BCUT2D eigenvalue weighted by atomic mass is 10.1. The number of rotatable bonds is 4. The van der Waals surface area contributed by atoms with Crippen molar-refractivity contribution in [2.45, 2.75) is 20.8 Å². The van der Waals surface area contributed by atoms with Gasteiger partial charge in [0.1, 0.15) is 0 Å². The topological polar surface area (TPSA) is 80.0 Å². The summed E-state index contributed by atoms with van der Waals surface area (Å²) in [5.41, 5.74) is 2.58. The van der Waals surface area contributed by atoms with Gasteiger partial charge in [0, 0.05) is 17.8 Å². The van der Waals surface area contributed by atoms with Crippen molar-refractivity contribution in [3.8, 4) is 0 Å². The fraction of sp³-hybridized carbons (Fsp3) is 0.308. The first-order chi connectivity index (χ1) is 9.10. The molecule has 0 atom stereocenters. The van der Waals surface area contributed by atoms with E-state index in [2.05, 4.69) is 20.8 Å². The molecule has 2 aromatic rings. The summed E-state index contributed by atoms with van der Waals surface area (Å²) in [5.74, 6) is 0.212. The molecule has 0 fully saturated rings. The molecule has 1 heterocycles.